The molecule has 1 aliphatic heterocycles. The molecule has 2 fully saturated rings. The second-order valence-corrected chi connectivity index (χ2v) is 3.39. The van der Waals surface area contributed by atoms with Crippen molar-refractivity contribution in [2.45, 2.75) is 25.8 Å². The summed E-state index contributed by atoms with van der Waals surface area (Å²) in [6.07, 6.45) is 1.41. The molecule has 0 aromatic rings. The van der Waals surface area contributed by atoms with Gasteiger partial charge in [-0.1, -0.05) is 6.92 Å². The predicted molar refractivity (Wildman–Crippen MR) is 33.7 cm³/mol. The minimum atomic E-state index is 0.569. The molecule has 46 valence electrons. The van der Waals surface area contributed by atoms with E-state index in [1.807, 2.05) is 0 Å². The third kappa shape index (κ3) is 0.334. The Morgan fingerprint density at radius 2 is 2.38 bits per heavy atom. The Morgan fingerprint density at radius 3 is 2.62 bits per heavy atom. The summed E-state index contributed by atoms with van der Waals surface area (Å²) in [5.74, 6) is 1.97. The molecule has 0 aromatic heterocycles. The van der Waals surface area contributed by atoms with Gasteiger partial charge in [-0.15, -0.1) is 0 Å². The number of hydrogen-bond acceptors (Lipinski definition) is 1. The van der Waals surface area contributed by atoms with Gasteiger partial charge in [0.1, 0.15) is 0 Å². The molecular weight excluding hydrogens is 98.1 g/mol. The van der Waals surface area contributed by atoms with Crippen LogP contribution in [0.1, 0.15) is 20.3 Å². The lowest BCUT2D eigenvalue weighted by atomic mass is 10.3. The Bertz CT molecular complexity index is 122. The van der Waals surface area contributed by atoms with Crippen LogP contribution < -0.4 is 5.32 Å². The molecule has 1 N–H and O–H groups in total. The summed E-state index contributed by atoms with van der Waals surface area (Å²) in [7, 11) is 0. The van der Waals surface area contributed by atoms with Crippen LogP contribution >= 0.6 is 0 Å². The molecule has 2 rings (SSSR count). The molecule has 1 aliphatic carbocycles. The van der Waals surface area contributed by atoms with Crippen LogP contribution in [0, 0.1) is 11.8 Å². The topological polar surface area (TPSA) is 12.0 Å². The molecule has 1 saturated heterocycles. The van der Waals surface area contributed by atoms with Crippen LogP contribution in [0.25, 0.3) is 0 Å². The van der Waals surface area contributed by atoms with Crippen molar-refractivity contribution >= 4 is 0 Å². The first kappa shape index (κ1) is 4.80. The molecule has 3 unspecified atom stereocenters. The first-order valence-corrected chi connectivity index (χ1v) is 3.50. The fraction of sp³-hybridized carbons (Fsp3) is 1.00. The van der Waals surface area contributed by atoms with E-state index >= 15 is 0 Å². The first-order valence-electron chi connectivity index (χ1n) is 3.50. The molecule has 1 nitrogen and oxygen atoms in total. The van der Waals surface area contributed by atoms with Gasteiger partial charge >= 0.3 is 0 Å². The van der Waals surface area contributed by atoms with Crippen LogP contribution in [0.5, 0.6) is 0 Å². The summed E-state index contributed by atoms with van der Waals surface area (Å²) in [6.45, 7) is 5.94. The van der Waals surface area contributed by atoms with Gasteiger partial charge < -0.3 is 5.32 Å². The van der Waals surface area contributed by atoms with Crippen molar-refractivity contribution in [1.29, 1.82) is 0 Å². The molecule has 1 saturated carbocycles. The third-order valence-electron chi connectivity index (χ3n) is 3.17. The molecule has 0 aromatic carbocycles. The molecule has 0 spiro atoms. The monoisotopic (exact) mass is 111 g/mol. The van der Waals surface area contributed by atoms with Gasteiger partial charge in [-0.05, 0) is 31.7 Å². The van der Waals surface area contributed by atoms with E-state index < -0.39 is 0 Å². The van der Waals surface area contributed by atoms with E-state index in [4.69, 9.17) is 0 Å². The second-order valence-electron chi connectivity index (χ2n) is 3.39. The average Bonchev–Trinajstić information content (AvgIpc) is 2.23. The smallest absolute Gasteiger partial charge is 0.0214 e. The number of nitrogens with one attached hydrogen (secondary N) is 1. The average molecular weight is 111 g/mol. The Hall–Kier alpha value is -0.0400. The lowest BCUT2D eigenvalue weighted by Crippen LogP contribution is -2.26. The van der Waals surface area contributed by atoms with Crippen LogP contribution in [-0.4, -0.2) is 12.1 Å². The zero-order valence-corrected chi connectivity index (χ0v) is 5.57. The SMILES string of the molecule is CC1C2CCNC12C. The Kier molecular flexibility index (Phi) is 0.663. The summed E-state index contributed by atoms with van der Waals surface area (Å²) in [5, 5.41) is 3.52. The van der Waals surface area contributed by atoms with Crippen molar-refractivity contribution in [3.05, 3.63) is 0 Å². The Morgan fingerprint density at radius 1 is 1.62 bits per heavy atom. The molecule has 0 amide bonds. The summed E-state index contributed by atoms with van der Waals surface area (Å²) >= 11 is 0. The Labute approximate surface area is 50.5 Å². The molecular formula is C7H13N. The van der Waals surface area contributed by atoms with Gasteiger partial charge in [0.15, 0.2) is 0 Å². The molecule has 0 bridgehead atoms. The maximum absolute atomic E-state index is 3.52. The second kappa shape index (κ2) is 1.10. The van der Waals surface area contributed by atoms with Gasteiger partial charge in [-0.25, -0.2) is 0 Å². The molecule has 1 heterocycles. The highest BCUT2D eigenvalue weighted by Crippen LogP contribution is 2.54. The fourth-order valence-corrected chi connectivity index (χ4v) is 2.17. The van der Waals surface area contributed by atoms with Gasteiger partial charge in [-0.2, -0.15) is 0 Å². The van der Waals surface area contributed by atoms with E-state index in [2.05, 4.69) is 19.2 Å². The molecule has 2 aliphatic rings. The fourth-order valence-electron chi connectivity index (χ4n) is 2.17. The predicted octanol–water partition coefficient (Wildman–Crippen LogP) is 1.00. The lowest BCUT2D eigenvalue weighted by Gasteiger charge is -2.05. The maximum Gasteiger partial charge on any atom is 0.0214 e. The van der Waals surface area contributed by atoms with E-state index in [9.17, 15) is 0 Å². The van der Waals surface area contributed by atoms with Gasteiger partial charge in [0, 0.05) is 5.54 Å². The number of fused-ring (bicyclic) bond motifs is 1. The third-order valence-corrected chi connectivity index (χ3v) is 3.17. The summed E-state index contributed by atoms with van der Waals surface area (Å²) in [4.78, 5) is 0. The standard InChI is InChI=1S/C7H13N/c1-5-6-3-4-8-7(5,6)2/h5-6,8H,3-4H2,1-2H3. The van der Waals surface area contributed by atoms with E-state index in [1.165, 1.54) is 13.0 Å². The van der Waals surface area contributed by atoms with Crippen molar-refractivity contribution in [2.24, 2.45) is 11.8 Å². The van der Waals surface area contributed by atoms with Gasteiger partial charge in [0.25, 0.3) is 0 Å². The van der Waals surface area contributed by atoms with Crippen LogP contribution in [0.15, 0.2) is 0 Å². The highest BCUT2D eigenvalue weighted by molar-refractivity contribution is 5.16. The lowest BCUT2D eigenvalue weighted by molar-refractivity contribution is 0.542. The number of piperidine rings is 1. The highest BCUT2D eigenvalue weighted by Gasteiger charge is 2.60. The van der Waals surface area contributed by atoms with Crippen molar-refractivity contribution in [1.82, 2.24) is 5.32 Å². The van der Waals surface area contributed by atoms with E-state index in [-0.39, 0.29) is 0 Å². The molecule has 0 radical (unpaired) electrons. The summed E-state index contributed by atoms with van der Waals surface area (Å²) in [6, 6.07) is 0. The minimum absolute atomic E-state index is 0.569. The number of rotatable bonds is 0. The summed E-state index contributed by atoms with van der Waals surface area (Å²) in [5.41, 5.74) is 0.569. The van der Waals surface area contributed by atoms with E-state index in [1.54, 1.807) is 0 Å². The van der Waals surface area contributed by atoms with Crippen molar-refractivity contribution in [2.75, 3.05) is 6.54 Å². The van der Waals surface area contributed by atoms with Gasteiger partial charge in [0.2, 0.25) is 0 Å². The highest BCUT2D eigenvalue weighted by atomic mass is 15.1. The number of hydrogen-bond donors (Lipinski definition) is 1. The van der Waals surface area contributed by atoms with Gasteiger partial charge in [-0.3, -0.25) is 0 Å². The molecule has 1 heteroatoms. The van der Waals surface area contributed by atoms with Crippen molar-refractivity contribution in [3.63, 3.8) is 0 Å². The molecule has 8 heavy (non-hydrogen) atoms. The normalized spacial score (nSPS) is 60.8. The first-order chi connectivity index (χ1) is 3.75. The van der Waals surface area contributed by atoms with Crippen LogP contribution in [-0.2, 0) is 0 Å². The van der Waals surface area contributed by atoms with E-state index in [0.717, 1.165) is 11.8 Å². The summed E-state index contributed by atoms with van der Waals surface area (Å²) < 4.78 is 0. The van der Waals surface area contributed by atoms with E-state index in [0.29, 0.717) is 5.54 Å². The molecule has 3 atom stereocenters. The minimum Gasteiger partial charge on any atom is -0.311 e. The Balaban J connectivity index is 2.18. The zero-order chi connectivity index (χ0) is 5.78. The maximum atomic E-state index is 3.52. The van der Waals surface area contributed by atoms with Crippen LogP contribution in [0.2, 0.25) is 0 Å². The van der Waals surface area contributed by atoms with Gasteiger partial charge in [0.05, 0.1) is 0 Å². The van der Waals surface area contributed by atoms with Crippen LogP contribution in [0.3, 0.4) is 0 Å². The van der Waals surface area contributed by atoms with Crippen molar-refractivity contribution < 1.29 is 0 Å². The van der Waals surface area contributed by atoms with Crippen molar-refractivity contribution in [3.8, 4) is 0 Å². The largest absolute Gasteiger partial charge is 0.311 e. The zero-order valence-electron chi connectivity index (χ0n) is 5.57. The van der Waals surface area contributed by atoms with Crippen LogP contribution in [0.4, 0.5) is 0 Å². The quantitative estimate of drug-likeness (QED) is 0.492.